The highest BCUT2D eigenvalue weighted by molar-refractivity contribution is 6.07. The van der Waals surface area contributed by atoms with Gasteiger partial charge in [0.15, 0.2) is 0 Å². The highest BCUT2D eigenvalue weighted by Gasteiger charge is 2.18. The molecular formula is C22H28N4O. The molecule has 0 aromatic carbocycles. The fourth-order valence-corrected chi connectivity index (χ4v) is 2.37. The van der Waals surface area contributed by atoms with E-state index in [9.17, 15) is 4.79 Å². The number of hydrogen-bond donors (Lipinski definition) is 3. The molecule has 2 aliphatic carbocycles. The summed E-state index contributed by atoms with van der Waals surface area (Å²) in [4.78, 5) is 16.6. The second kappa shape index (κ2) is 12.3. The van der Waals surface area contributed by atoms with Crippen LogP contribution in [0, 0.1) is 11.3 Å². The quantitative estimate of drug-likeness (QED) is 0.304. The third-order valence-corrected chi connectivity index (χ3v) is 3.80. The van der Waals surface area contributed by atoms with E-state index in [-0.39, 0.29) is 5.91 Å². The number of carbonyl (C=O) groups is 1. The summed E-state index contributed by atoms with van der Waals surface area (Å²) in [5.74, 6) is 0.364. The average Bonchev–Trinajstić information content (AvgIpc) is 3.38. The molecule has 2 aliphatic rings. The van der Waals surface area contributed by atoms with Crippen molar-refractivity contribution in [2.75, 3.05) is 12.4 Å². The molecule has 0 aliphatic heterocycles. The first kappa shape index (κ1) is 22.0. The Bertz CT molecular complexity index is 755. The van der Waals surface area contributed by atoms with Crippen molar-refractivity contribution in [3.63, 3.8) is 0 Å². The molecule has 1 saturated carbocycles. The third-order valence-electron chi connectivity index (χ3n) is 3.80. The third kappa shape index (κ3) is 7.38. The lowest BCUT2D eigenvalue weighted by Crippen LogP contribution is -2.14. The van der Waals surface area contributed by atoms with E-state index >= 15 is 0 Å². The number of rotatable bonds is 6. The molecule has 0 radical (unpaired) electrons. The zero-order valence-corrected chi connectivity index (χ0v) is 15.8. The van der Waals surface area contributed by atoms with Gasteiger partial charge in [-0.3, -0.25) is 9.78 Å². The van der Waals surface area contributed by atoms with E-state index in [1.54, 1.807) is 18.5 Å². The van der Waals surface area contributed by atoms with Gasteiger partial charge in [0, 0.05) is 23.5 Å². The van der Waals surface area contributed by atoms with Crippen LogP contribution in [0.2, 0.25) is 0 Å². The van der Waals surface area contributed by atoms with Crippen molar-refractivity contribution in [3.8, 4) is 0 Å². The number of pyridine rings is 1. The lowest BCUT2D eigenvalue weighted by molar-refractivity contribution is -0.112. The van der Waals surface area contributed by atoms with Crippen molar-refractivity contribution in [1.29, 1.82) is 5.41 Å². The summed E-state index contributed by atoms with van der Waals surface area (Å²) in [7, 11) is 1.50. The van der Waals surface area contributed by atoms with Gasteiger partial charge in [0.2, 0.25) is 0 Å². The summed E-state index contributed by atoms with van der Waals surface area (Å²) in [6, 6.07) is 1.92. The van der Waals surface area contributed by atoms with E-state index in [4.69, 9.17) is 5.41 Å². The highest BCUT2D eigenvalue weighted by Crippen LogP contribution is 2.30. The summed E-state index contributed by atoms with van der Waals surface area (Å²) < 4.78 is 0. The van der Waals surface area contributed by atoms with Crippen LogP contribution in [0.1, 0.15) is 24.8 Å². The number of anilines is 1. The van der Waals surface area contributed by atoms with E-state index in [2.05, 4.69) is 47.4 Å². The van der Waals surface area contributed by atoms with Crippen LogP contribution in [0.25, 0.3) is 5.57 Å². The van der Waals surface area contributed by atoms with Crippen molar-refractivity contribution < 1.29 is 4.79 Å². The van der Waals surface area contributed by atoms with E-state index in [0.29, 0.717) is 17.2 Å². The average molecular weight is 364 g/mol. The SMILES string of the molecule is C=C.CN.N=C/C=C(\C=C\C1CC1)C(=O)Nc1cncc(C2=CCC=C2)c1. The standard InChI is InChI=1S/C19H19N3O.C2H4.CH5N/c20-10-9-16(8-7-14-5-6-14)19(23)22-18-11-17(12-21-13-18)15-3-1-2-4-15;2*1-2/h1,3-4,7-14,20H,2,5-6H2,(H,22,23);1-2H2;2H2,1H3/b8-7+,16-9+,20-10?;;. The number of nitrogens with zero attached hydrogens (tertiary/aromatic N) is 1. The van der Waals surface area contributed by atoms with E-state index in [0.717, 1.165) is 23.8 Å². The van der Waals surface area contributed by atoms with Crippen LogP contribution in [0.3, 0.4) is 0 Å². The topological polar surface area (TPSA) is 91.9 Å². The Hall–Kier alpha value is -3.05. The summed E-state index contributed by atoms with van der Waals surface area (Å²) in [5, 5.41) is 10.1. The largest absolute Gasteiger partial charge is 0.333 e. The molecule has 0 atom stereocenters. The van der Waals surface area contributed by atoms with E-state index in [1.165, 1.54) is 26.0 Å². The van der Waals surface area contributed by atoms with Crippen LogP contribution < -0.4 is 11.1 Å². The molecule has 1 aromatic heterocycles. The fourth-order valence-electron chi connectivity index (χ4n) is 2.37. The van der Waals surface area contributed by atoms with Gasteiger partial charge in [0.05, 0.1) is 11.9 Å². The molecule has 4 N–H and O–H groups in total. The Morgan fingerprint density at radius 2 is 2.07 bits per heavy atom. The van der Waals surface area contributed by atoms with Crippen LogP contribution in [0.4, 0.5) is 5.69 Å². The maximum Gasteiger partial charge on any atom is 0.255 e. The molecule has 1 amide bonds. The zero-order valence-electron chi connectivity index (χ0n) is 15.8. The molecule has 0 saturated heterocycles. The minimum Gasteiger partial charge on any atom is -0.333 e. The van der Waals surface area contributed by atoms with Crippen molar-refractivity contribution in [1.82, 2.24) is 4.98 Å². The number of amides is 1. The lowest BCUT2D eigenvalue weighted by atomic mass is 10.1. The van der Waals surface area contributed by atoms with Crippen molar-refractivity contribution >= 4 is 23.4 Å². The van der Waals surface area contributed by atoms with Crippen molar-refractivity contribution in [3.05, 3.63) is 79.2 Å². The van der Waals surface area contributed by atoms with Crippen molar-refractivity contribution in [2.24, 2.45) is 11.7 Å². The van der Waals surface area contributed by atoms with Crippen LogP contribution in [0.15, 0.2) is 73.6 Å². The Morgan fingerprint density at radius 3 is 2.67 bits per heavy atom. The van der Waals surface area contributed by atoms with Crippen LogP contribution in [0.5, 0.6) is 0 Å². The Labute approximate surface area is 161 Å². The maximum atomic E-state index is 12.4. The van der Waals surface area contributed by atoms with Gasteiger partial charge in [0.1, 0.15) is 0 Å². The first-order chi connectivity index (χ1) is 13.3. The maximum absolute atomic E-state index is 12.4. The van der Waals surface area contributed by atoms with Gasteiger partial charge in [-0.25, -0.2) is 0 Å². The molecule has 5 nitrogen and oxygen atoms in total. The molecule has 3 rings (SSSR count). The molecule has 142 valence electrons. The predicted molar refractivity (Wildman–Crippen MR) is 115 cm³/mol. The summed E-state index contributed by atoms with van der Waals surface area (Å²) in [5.41, 5.74) is 7.75. The number of nitrogens with one attached hydrogen (secondary N) is 2. The Morgan fingerprint density at radius 1 is 1.33 bits per heavy atom. The molecule has 27 heavy (non-hydrogen) atoms. The summed E-state index contributed by atoms with van der Waals surface area (Å²) in [6.45, 7) is 6.00. The van der Waals surface area contributed by atoms with Gasteiger partial charge >= 0.3 is 0 Å². The normalized spacial score (nSPS) is 15.2. The van der Waals surface area contributed by atoms with Gasteiger partial charge in [-0.1, -0.05) is 30.4 Å². The second-order valence-electron chi connectivity index (χ2n) is 5.70. The lowest BCUT2D eigenvalue weighted by Gasteiger charge is -2.07. The number of hydrogen-bond acceptors (Lipinski definition) is 4. The number of aromatic nitrogens is 1. The molecule has 0 bridgehead atoms. The van der Waals surface area contributed by atoms with Crippen LogP contribution >= 0.6 is 0 Å². The molecule has 0 spiro atoms. The Balaban J connectivity index is 0.000000855. The van der Waals surface area contributed by atoms with E-state index < -0.39 is 0 Å². The highest BCUT2D eigenvalue weighted by atomic mass is 16.1. The van der Waals surface area contributed by atoms with Gasteiger partial charge < -0.3 is 16.5 Å². The van der Waals surface area contributed by atoms with Gasteiger partial charge in [-0.15, -0.1) is 13.2 Å². The summed E-state index contributed by atoms with van der Waals surface area (Å²) in [6.07, 6.45) is 19.5. The van der Waals surface area contributed by atoms with Crippen molar-refractivity contribution in [2.45, 2.75) is 19.3 Å². The molecule has 5 heteroatoms. The molecule has 0 unspecified atom stereocenters. The minimum absolute atomic E-state index is 0.222. The number of carbonyl (C=O) groups excluding carboxylic acids is 1. The molecule has 1 aromatic rings. The van der Waals surface area contributed by atoms with Gasteiger partial charge in [-0.2, -0.15) is 0 Å². The summed E-state index contributed by atoms with van der Waals surface area (Å²) >= 11 is 0. The Kier molecular flexibility index (Phi) is 10.0. The first-order valence-corrected chi connectivity index (χ1v) is 8.86. The molecule has 1 heterocycles. The number of allylic oxidation sites excluding steroid dienone is 6. The monoisotopic (exact) mass is 364 g/mol. The second-order valence-corrected chi connectivity index (χ2v) is 5.70. The van der Waals surface area contributed by atoms with Crippen LogP contribution in [-0.4, -0.2) is 24.2 Å². The smallest absolute Gasteiger partial charge is 0.255 e. The van der Waals surface area contributed by atoms with Gasteiger partial charge in [0.25, 0.3) is 5.91 Å². The van der Waals surface area contributed by atoms with Crippen LogP contribution in [-0.2, 0) is 4.79 Å². The van der Waals surface area contributed by atoms with E-state index in [1.807, 2.05) is 12.1 Å². The number of nitrogens with two attached hydrogens (primary N) is 1. The zero-order chi connectivity index (χ0) is 20.1. The molecule has 1 fully saturated rings. The first-order valence-electron chi connectivity index (χ1n) is 8.86. The van der Waals surface area contributed by atoms with Gasteiger partial charge in [-0.05, 0) is 49.9 Å². The fraction of sp³-hybridized carbons (Fsp3) is 0.227. The minimum atomic E-state index is -0.222. The molecular weight excluding hydrogens is 336 g/mol. The predicted octanol–water partition coefficient (Wildman–Crippen LogP) is 4.28.